The third-order valence-corrected chi connectivity index (χ3v) is 3.24. The molecule has 2 aromatic heterocycles. The molecular weight excluding hydrogens is 238 g/mol. The van der Waals surface area contributed by atoms with Gasteiger partial charge in [-0.25, -0.2) is 4.79 Å². The van der Waals surface area contributed by atoms with Gasteiger partial charge < -0.3 is 9.67 Å². The number of rotatable bonds is 3. The second-order valence-corrected chi connectivity index (χ2v) is 4.54. The lowest BCUT2D eigenvalue weighted by molar-refractivity contribution is 0.0694. The van der Waals surface area contributed by atoms with Gasteiger partial charge in [0.05, 0.1) is 0 Å². The summed E-state index contributed by atoms with van der Waals surface area (Å²) in [6.07, 6.45) is 1.40. The van der Waals surface area contributed by atoms with Gasteiger partial charge in [0.25, 0.3) is 0 Å². The number of thiophene rings is 1. The number of pyridine rings is 1. The molecule has 0 unspecified atom stereocenters. The first kappa shape index (κ1) is 11.6. The van der Waals surface area contributed by atoms with Crippen LogP contribution in [0.3, 0.4) is 0 Å². The van der Waals surface area contributed by atoms with E-state index >= 15 is 0 Å². The molecule has 0 radical (unpaired) electrons. The van der Waals surface area contributed by atoms with E-state index in [0.29, 0.717) is 6.54 Å². The SMILES string of the molecule is Cc1cc(=O)c(C(=O)O)cn1Cc1ccsc1. The fraction of sp³-hybridized carbons (Fsp3) is 0.167. The van der Waals surface area contributed by atoms with Gasteiger partial charge in [0, 0.05) is 24.5 Å². The standard InChI is InChI=1S/C12H11NO3S/c1-8-4-11(14)10(12(15)16)6-13(8)5-9-2-3-17-7-9/h2-4,6-7H,5H2,1H3,(H,15,16). The summed E-state index contributed by atoms with van der Waals surface area (Å²) in [5.74, 6) is -1.19. The number of carboxylic acid groups (broad SMARTS) is 1. The van der Waals surface area contributed by atoms with E-state index in [1.54, 1.807) is 22.8 Å². The molecule has 0 saturated heterocycles. The van der Waals surface area contributed by atoms with Crippen molar-refractivity contribution in [2.45, 2.75) is 13.5 Å². The maximum absolute atomic E-state index is 11.4. The molecule has 2 rings (SSSR count). The number of carboxylic acids is 1. The summed E-state index contributed by atoms with van der Waals surface area (Å²) in [6.45, 7) is 2.37. The molecular formula is C12H11NO3S. The molecule has 0 atom stereocenters. The molecule has 17 heavy (non-hydrogen) atoms. The van der Waals surface area contributed by atoms with Crippen LogP contribution in [0.25, 0.3) is 0 Å². The molecule has 0 aliphatic heterocycles. The van der Waals surface area contributed by atoms with Crippen LogP contribution in [-0.2, 0) is 6.54 Å². The molecule has 0 aromatic carbocycles. The number of hydrogen-bond donors (Lipinski definition) is 1. The number of aromatic nitrogens is 1. The number of carbonyl (C=O) groups is 1. The van der Waals surface area contributed by atoms with Crippen LogP contribution in [0, 0.1) is 6.92 Å². The Balaban J connectivity index is 2.44. The molecule has 2 heterocycles. The summed E-state index contributed by atoms with van der Waals surface area (Å²) in [5, 5.41) is 12.9. The number of aryl methyl sites for hydroxylation is 1. The minimum Gasteiger partial charge on any atom is -0.477 e. The Labute approximate surface area is 102 Å². The molecule has 0 amide bonds. The van der Waals surface area contributed by atoms with Crippen LogP contribution in [0.1, 0.15) is 21.6 Å². The van der Waals surface area contributed by atoms with Gasteiger partial charge in [-0.3, -0.25) is 4.79 Å². The molecule has 5 heteroatoms. The molecule has 0 fully saturated rings. The zero-order valence-electron chi connectivity index (χ0n) is 9.21. The van der Waals surface area contributed by atoms with E-state index in [9.17, 15) is 9.59 Å². The van der Waals surface area contributed by atoms with Crippen molar-refractivity contribution < 1.29 is 9.90 Å². The Bertz CT molecular complexity index is 599. The maximum Gasteiger partial charge on any atom is 0.341 e. The third kappa shape index (κ3) is 2.45. The van der Waals surface area contributed by atoms with E-state index in [0.717, 1.165) is 11.3 Å². The highest BCUT2D eigenvalue weighted by Crippen LogP contribution is 2.10. The van der Waals surface area contributed by atoms with Crippen LogP contribution < -0.4 is 5.43 Å². The summed E-state index contributed by atoms with van der Waals surface area (Å²) < 4.78 is 1.77. The minimum atomic E-state index is -1.19. The van der Waals surface area contributed by atoms with Gasteiger partial charge in [0.1, 0.15) is 5.56 Å². The van der Waals surface area contributed by atoms with Crippen molar-refractivity contribution in [3.05, 3.63) is 56.1 Å². The molecule has 1 N–H and O–H groups in total. The largest absolute Gasteiger partial charge is 0.477 e. The topological polar surface area (TPSA) is 59.3 Å². The Morgan fingerprint density at radius 2 is 2.29 bits per heavy atom. The van der Waals surface area contributed by atoms with Crippen LogP contribution in [0.2, 0.25) is 0 Å². The minimum absolute atomic E-state index is 0.189. The van der Waals surface area contributed by atoms with Crippen molar-refractivity contribution in [3.8, 4) is 0 Å². The van der Waals surface area contributed by atoms with Crippen molar-refractivity contribution in [1.29, 1.82) is 0 Å². The van der Waals surface area contributed by atoms with Gasteiger partial charge >= 0.3 is 5.97 Å². The lowest BCUT2D eigenvalue weighted by Gasteiger charge is -2.10. The first-order valence-electron chi connectivity index (χ1n) is 5.03. The quantitative estimate of drug-likeness (QED) is 0.904. The summed E-state index contributed by atoms with van der Waals surface area (Å²) in [7, 11) is 0. The molecule has 0 aliphatic rings. The van der Waals surface area contributed by atoms with E-state index in [1.807, 2.05) is 16.8 Å². The monoisotopic (exact) mass is 249 g/mol. The second kappa shape index (κ2) is 4.55. The average Bonchev–Trinajstić information content (AvgIpc) is 2.74. The van der Waals surface area contributed by atoms with E-state index in [1.165, 1.54) is 12.3 Å². The molecule has 2 aromatic rings. The van der Waals surface area contributed by atoms with Crippen LogP contribution in [-0.4, -0.2) is 15.6 Å². The van der Waals surface area contributed by atoms with Gasteiger partial charge in [-0.1, -0.05) is 0 Å². The van der Waals surface area contributed by atoms with Crippen molar-refractivity contribution >= 4 is 17.3 Å². The zero-order chi connectivity index (χ0) is 12.4. The molecule has 88 valence electrons. The van der Waals surface area contributed by atoms with Gasteiger partial charge in [0.2, 0.25) is 0 Å². The molecule has 4 nitrogen and oxygen atoms in total. The van der Waals surface area contributed by atoms with E-state index in [4.69, 9.17) is 5.11 Å². The maximum atomic E-state index is 11.4. The smallest absolute Gasteiger partial charge is 0.341 e. The number of hydrogen-bond acceptors (Lipinski definition) is 3. The number of aromatic carboxylic acids is 1. The first-order chi connectivity index (χ1) is 8.08. The van der Waals surface area contributed by atoms with Crippen LogP contribution in [0.5, 0.6) is 0 Å². The van der Waals surface area contributed by atoms with Gasteiger partial charge in [-0.05, 0) is 29.3 Å². The second-order valence-electron chi connectivity index (χ2n) is 3.76. The third-order valence-electron chi connectivity index (χ3n) is 2.51. The fourth-order valence-corrected chi connectivity index (χ4v) is 2.24. The van der Waals surface area contributed by atoms with Crippen LogP contribution in [0.4, 0.5) is 0 Å². The van der Waals surface area contributed by atoms with E-state index in [-0.39, 0.29) is 5.56 Å². The lowest BCUT2D eigenvalue weighted by atomic mass is 10.2. The highest BCUT2D eigenvalue weighted by Gasteiger charge is 2.10. The average molecular weight is 249 g/mol. The molecule has 0 aliphatic carbocycles. The van der Waals surface area contributed by atoms with Crippen molar-refractivity contribution in [3.63, 3.8) is 0 Å². The highest BCUT2D eigenvalue weighted by atomic mass is 32.1. The number of nitrogens with zero attached hydrogens (tertiary/aromatic N) is 1. The van der Waals surface area contributed by atoms with Gasteiger partial charge in [0.15, 0.2) is 5.43 Å². The highest BCUT2D eigenvalue weighted by molar-refractivity contribution is 7.07. The summed E-state index contributed by atoms with van der Waals surface area (Å²) >= 11 is 1.59. The summed E-state index contributed by atoms with van der Waals surface area (Å²) in [5.41, 5.74) is 1.21. The molecule has 0 bridgehead atoms. The van der Waals surface area contributed by atoms with Gasteiger partial charge in [-0.2, -0.15) is 11.3 Å². The van der Waals surface area contributed by atoms with Crippen LogP contribution >= 0.6 is 11.3 Å². The Kier molecular flexibility index (Phi) is 3.10. The normalized spacial score (nSPS) is 10.4. The molecule has 0 saturated carbocycles. The summed E-state index contributed by atoms with van der Waals surface area (Å²) in [6, 6.07) is 3.33. The van der Waals surface area contributed by atoms with Crippen molar-refractivity contribution in [2.75, 3.05) is 0 Å². The Hall–Kier alpha value is -1.88. The Morgan fingerprint density at radius 1 is 1.53 bits per heavy atom. The molecule has 0 spiro atoms. The lowest BCUT2D eigenvalue weighted by Crippen LogP contribution is -2.19. The summed E-state index contributed by atoms with van der Waals surface area (Å²) in [4.78, 5) is 22.3. The van der Waals surface area contributed by atoms with E-state index in [2.05, 4.69) is 0 Å². The van der Waals surface area contributed by atoms with Gasteiger partial charge in [-0.15, -0.1) is 0 Å². The first-order valence-corrected chi connectivity index (χ1v) is 5.97. The predicted molar refractivity (Wildman–Crippen MR) is 65.8 cm³/mol. The fourth-order valence-electron chi connectivity index (χ4n) is 1.58. The van der Waals surface area contributed by atoms with Crippen molar-refractivity contribution in [1.82, 2.24) is 4.57 Å². The zero-order valence-corrected chi connectivity index (χ0v) is 10.0. The Morgan fingerprint density at radius 3 is 2.88 bits per heavy atom. The van der Waals surface area contributed by atoms with E-state index < -0.39 is 11.4 Å². The predicted octanol–water partition coefficient (Wildman–Crippen LogP) is 1.96. The van der Waals surface area contributed by atoms with Crippen LogP contribution in [0.15, 0.2) is 33.9 Å². The van der Waals surface area contributed by atoms with Crippen molar-refractivity contribution in [2.24, 2.45) is 0 Å².